The lowest BCUT2D eigenvalue weighted by molar-refractivity contribution is -0.132. The van der Waals surface area contributed by atoms with Gasteiger partial charge in [-0.05, 0) is 72.5 Å². The van der Waals surface area contributed by atoms with E-state index in [2.05, 4.69) is 10.3 Å². The summed E-state index contributed by atoms with van der Waals surface area (Å²) in [4.78, 5) is 43.8. The van der Waals surface area contributed by atoms with Gasteiger partial charge in [-0.15, -0.1) is 0 Å². The van der Waals surface area contributed by atoms with Crippen molar-refractivity contribution in [3.05, 3.63) is 89.3 Å². The number of rotatable bonds is 7. The largest absolute Gasteiger partial charge is 0.507 e. The summed E-state index contributed by atoms with van der Waals surface area (Å²) in [6.45, 7) is 7.81. The van der Waals surface area contributed by atoms with Crippen molar-refractivity contribution >= 4 is 34.7 Å². The van der Waals surface area contributed by atoms with E-state index in [0.29, 0.717) is 34.9 Å². The van der Waals surface area contributed by atoms with Gasteiger partial charge in [-0.3, -0.25) is 24.3 Å². The van der Waals surface area contributed by atoms with Gasteiger partial charge in [-0.1, -0.05) is 19.9 Å². The number of pyridine rings is 1. The molecule has 190 valence electrons. The highest BCUT2D eigenvalue weighted by molar-refractivity contribution is 6.51. The Morgan fingerprint density at radius 1 is 1.11 bits per heavy atom. The third-order valence-electron chi connectivity index (χ3n) is 6.12. The van der Waals surface area contributed by atoms with Crippen molar-refractivity contribution in [2.45, 2.75) is 39.7 Å². The number of hydrogen-bond acceptors (Lipinski definition) is 6. The summed E-state index contributed by atoms with van der Waals surface area (Å²) in [6, 6.07) is 14.4. The van der Waals surface area contributed by atoms with Crippen LogP contribution in [0, 0.1) is 0 Å². The quantitative estimate of drug-likeness (QED) is 0.263. The lowest BCUT2D eigenvalue weighted by atomic mass is 9.93. The summed E-state index contributed by atoms with van der Waals surface area (Å²) in [6.07, 6.45) is 3.13. The number of benzene rings is 2. The van der Waals surface area contributed by atoms with Crippen LogP contribution >= 0.6 is 0 Å². The average molecular weight is 500 g/mol. The van der Waals surface area contributed by atoms with Crippen molar-refractivity contribution in [1.82, 2.24) is 4.98 Å². The first-order valence-electron chi connectivity index (χ1n) is 12.1. The molecule has 37 heavy (non-hydrogen) atoms. The third kappa shape index (κ3) is 5.09. The Bertz CT molecular complexity index is 1380. The number of aromatic nitrogens is 1. The van der Waals surface area contributed by atoms with Gasteiger partial charge in [0.25, 0.3) is 11.7 Å². The van der Waals surface area contributed by atoms with Gasteiger partial charge in [0.05, 0.1) is 18.2 Å². The zero-order valence-electron chi connectivity index (χ0n) is 21.2. The molecule has 1 aliphatic rings. The number of nitrogens with one attached hydrogen (secondary N) is 1. The van der Waals surface area contributed by atoms with E-state index in [9.17, 15) is 19.5 Å². The van der Waals surface area contributed by atoms with Crippen LogP contribution < -0.4 is 15.0 Å². The minimum atomic E-state index is -0.898. The monoisotopic (exact) mass is 499 g/mol. The van der Waals surface area contributed by atoms with Crippen LogP contribution in [0.4, 0.5) is 11.4 Å². The van der Waals surface area contributed by atoms with Gasteiger partial charge in [0.15, 0.2) is 0 Å². The number of hydrogen-bond donors (Lipinski definition) is 2. The number of nitrogens with zero attached hydrogens (tertiary/aromatic N) is 2. The fourth-order valence-electron chi connectivity index (χ4n) is 4.49. The van der Waals surface area contributed by atoms with Crippen LogP contribution in [0.15, 0.2) is 72.6 Å². The van der Waals surface area contributed by atoms with Crippen LogP contribution in [0.1, 0.15) is 56.3 Å². The van der Waals surface area contributed by atoms with Gasteiger partial charge in [-0.25, -0.2) is 0 Å². The molecule has 2 N–H and O–H groups in total. The smallest absolute Gasteiger partial charge is 0.300 e. The van der Waals surface area contributed by atoms with Crippen molar-refractivity contribution < 1.29 is 24.2 Å². The topological polar surface area (TPSA) is 109 Å². The minimum Gasteiger partial charge on any atom is -0.507 e. The van der Waals surface area contributed by atoms with Gasteiger partial charge in [-0.2, -0.15) is 0 Å². The molecule has 0 spiro atoms. The van der Waals surface area contributed by atoms with Gasteiger partial charge in [0, 0.05) is 36.3 Å². The van der Waals surface area contributed by atoms with Crippen molar-refractivity contribution in [3.8, 4) is 5.75 Å². The Kier molecular flexibility index (Phi) is 7.38. The predicted octanol–water partition coefficient (Wildman–Crippen LogP) is 5.19. The van der Waals surface area contributed by atoms with E-state index >= 15 is 0 Å². The maximum Gasteiger partial charge on any atom is 0.300 e. The van der Waals surface area contributed by atoms with E-state index in [1.54, 1.807) is 67.0 Å². The Labute approximate surface area is 215 Å². The van der Waals surface area contributed by atoms with Crippen LogP contribution in [0.5, 0.6) is 5.75 Å². The van der Waals surface area contributed by atoms with Crippen LogP contribution in [-0.4, -0.2) is 34.3 Å². The van der Waals surface area contributed by atoms with Crippen molar-refractivity contribution in [2.24, 2.45) is 0 Å². The highest BCUT2D eigenvalue weighted by atomic mass is 16.5. The van der Waals surface area contributed by atoms with E-state index < -0.39 is 17.7 Å². The molecule has 1 fully saturated rings. The van der Waals surface area contributed by atoms with E-state index in [1.807, 2.05) is 20.8 Å². The Morgan fingerprint density at radius 3 is 2.49 bits per heavy atom. The van der Waals surface area contributed by atoms with E-state index in [-0.39, 0.29) is 23.2 Å². The van der Waals surface area contributed by atoms with Crippen LogP contribution in [-0.2, 0) is 14.4 Å². The predicted molar refractivity (Wildman–Crippen MR) is 141 cm³/mol. The van der Waals surface area contributed by atoms with Gasteiger partial charge in [0.1, 0.15) is 11.5 Å². The molecular formula is C29H29N3O5. The SMILES string of the molecule is CCOc1ccc(/C(O)=C2/C(=O)C(=O)N(c3cccc(NC(C)=O)c3)C2c2ccncc2)cc1C(C)C. The second kappa shape index (κ2) is 10.7. The Balaban J connectivity index is 1.90. The molecule has 0 bridgehead atoms. The number of anilines is 2. The summed E-state index contributed by atoms with van der Waals surface area (Å²) in [5, 5.41) is 14.2. The second-order valence-corrected chi connectivity index (χ2v) is 9.02. The molecule has 1 unspecified atom stereocenters. The first-order valence-corrected chi connectivity index (χ1v) is 12.1. The lowest BCUT2D eigenvalue weighted by Gasteiger charge is -2.26. The molecule has 0 saturated carbocycles. The summed E-state index contributed by atoms with van der Waals surface area (Å²) in [5.74, 6) is -1.31. The number of carbonyl (C=O) groups excluding carboxylic acids is 3. The molecule has 2 heterocycles. The standard InChI is InChI=1S/C29H29N3O5/c1-5-37-24-10-9-20(15-23(24)17(2)3)27(34)25-26(19-11-13-30-14-12-19)32(29(36)28(25)35)22-8-6-7-21(16-22)31-18(4)33/h6-17,26,34H,5H2,1-4H3,(H,31,33)/b27-25-. The second-order valence-electron chi connectivity index (χ2n) is 9.02. The summed E-state index contributed by atoms with van der Waals surface area (Å²) in [5.41, 5.74) is 2.76. The van der Waals surface area contributed by atoms with E-state index in [0.717, 1.165) is 5.56 Å². The average Bonchev–Trinajstić information content (AvgIpc) is 3.14. The molecular weight excluding hydrogens is 470 g/mol. The normalized spacial score (nSPS) is 16.8. The number of aliphatic hydroxyl groups excluding tert-OH is 1. The van der Waals surface area contributed by atoms with E-state index in [4.69, 9.17) is 4.74 Å². The molecule has 1 aromatic heterocycles. The molecule has 8 nitrogen and oxygen atoms in total. The lowest BCUT2D eigenvalue weighted by Crippen LogP contribution is -2.29. The third-order valence-corrected chi connectivity index (χ3v) is 6.12. The maximum atomic E-state index is 13.4. The molecule has 4 rings (SSSR count). The van der Waals surface area contributed by atoms with Crippen molar-refractivity contribution in [2.75, 3.05) is 16.8 Å². The zero-order chi connectivity index (χ0) is 26.7. The molecule has 0 aliphatic carbocycles. The summed E-state index contributed by atoms with van der Waals surface area (Å²) in [7, 11) is 0. The fraction of sp³-hybridized carbons (Fsp3) is 0.241. The highest BCUT2D eigenvalue weighted by Gasteiger charge is 2.47. The molecule has 3 aromatic rings. The molecule has 2 amide bonds. The molecule has 1 aliphatic heterocycles. The Morgan fingerprint density at radius 2 is 1.84 bits per heavy atom. The van der Waals surface area contributed by atoms with Gasteiger partial charge < -0.3 is 15.2 Å². The molecule has 1 saturated heterocycles. The molecule has 2 aromatic carbocycles. The number of Topliss-reactive ketones (excluding diaryl/α,β-unsaturated/α-hetero) is 1. The summed E-state index contributed by atoms with van der Waals surface area (Å²) >= 11 is 0. The van der Waals surface area contributed by atoms with Crippen molar-refractivity contribution in [1.29, 1.82) is 0 Å². The summed E-state index contributed by atoms with van der Waals surface area (Å²) < 4.78 is 5.74. The highest BCUT2D eigenvalue weighted by Crippen LogP contribution is 2.43. The van der Waals surface area contributed by atoms with Crippen LogP contribution in [0.3, 0.4) is 0 Å². The van der Waals surface area contributed by atoms with E-state index in [1.165, 1.54) is 11.8 Å². The molecule has 0 radical (unpaired) electrons. The Hall–Kier alpha value is -4.46. The first kappa shape index (κ1) is 25.6. The number of amides is 2. The first-order chi connectivity index (χ1) is 17.7. The zero-order valence-corrected chi connectivity index (χ0v) is 21.2. The number of aliphatic hydroxyl groups is 1. The minimum absolute atomic E-state index is 0.0278. The maximum absolute atomic E-state index is 13.4. The van der Waals surface area contributed by atoms with Gasteiger partial charge in [0.2, 0.25) is 5.91 Å². The van der Waals surface area contributed by atoms with Crippen molar-refractivity contribution in [3.63, 3.8) is 0 Å². The number of ether oxygens (including phenoxy) is 1. The van der Waals surface area contributed by atoms with Gasteiger partial charge >= 0.3 is 0 Å². The molecule has 1 atom stereocenters. The fourth-order valence-corrected chi connectivity index (χ4v) is 4.49. The number of ketones is 1. The van der Waals surface area contributed by atoms with Crippen LogP contribution in [0.25, 0.3) is 5.76 Å². The van der Waals surface area contributed by atoms with Crippen LogP contribution in [0.2, 0.25) is 0 Å². The number of carbonyl (C=O) groups is 3. The molecule has 8 heteroatoms.